The molecule has 22 heavy (non-hydrogen) atoms. The highest BCUT2D eigenvalue weighted by Gasteiger charge is 2.19. The SMILES string of the molecule is C=CC(=O)N[C@H](C)c1ccc(-c2scc3c2OCCO3)cc1. The number of rotatable bonds is 4. The maximum Gasteiger partial charge on any atom is 0.243 e. The van der Waals surface area contributed by atoms with Gasteiger partial charge in [0.25, 0.3) is 0 Å². The standard InChI is InChI=1S/C17H17NO3S/c1-3-15(19)18-11(2)12-4-6-13(7-5-12)17-16-14(10-22-17)20-8-9-21-16/h3-7,10-11H,1,8-9H2,2H3,(H,18,19)/t11-/m1/s1. The first-order valence-electron chi connectivity index (χ1n) is 7.09. The molecule has 0 spiro atoms. The molecule has 4 nitrogen and oxygen atoms in total. The van der Waals surface area contributed by atoms with Crippen molar-refractivity contribution in [1.29, 1.82) is 0 Å². The number of hydrogen-bond acceptors (Lipinski definition) is 4. The lowest BCUT2D eigenvalue weighted by molar-refractivity contribution is -0.117. The second-order valence-corrected chi connectivity index (χ2v) is 5.89. The van der Waals surface area contributed by atoms with Crippen LogP contribution in [0.1, 0.15) is 18.5 Å². The molecule has 0 aliphatic carbocycles. The molecule has 2 heterocycles. The van der Waals surface area contributed by atoms with Gasteiger partial charge in [-0.2, -0.15) is 0 Å². The van der Waals surface area contributed by atoms with Crippen molar-refractivity contribution >= 4 is 17.2 Å². The van der Waals surface area contributed by atoms with Crippen LogP contribution in [0.3, 0.4) is 0 Å². The largest absolute Gasteiger partial charge is 0.485 e. The molecule has 1 aliphatic heterocycles. The molecule has 1 amide bonds. The Morgan fingerprint density at radius 1 is 1.32 bits per heavy atom. The fourth-order valence-corrected chi connectivity index (χ4v) is 3.28. The first-order valence-corrected chi connectivity index (χ1v) is 7.97. The molecular weight excluding hydrogens is 298 g/mol. The van der Waals surface area contributed by atoms with Gasteiger partial charge in [0.05, 0.1) is 10.9 Å². The van der Waals surface area contributed by atoms with Crippen LogP contribution in [0.15, 0.2) is 42.3 Å². The van der Waals surface area contributed by atoms with Crippen molar-refractivity contribution < 1.29 is 14.3 Å². The van der Waals surface area contributed by atoms with Crippen molar-refractivity contribution in [2.75, 3.05) is 13.2 Å². The van der Waals surface area contributed by atoms with Crippen molar-refractivity contribution in [3.05, 3.63) is 47.9 Å². The van der Waals surface area contributed by atoms with E-state index in [0.29, 0.717) is 13.2 Å². The Morgan fingerprint density at radius 3 is 2.77 bits per heavy atom. The van der Waals surface area contributed by atoms with Gasteiger partial charge in [0, 0.05) is 5.38 Å². The van der Waals surface area contributed by atoms with E-state index < -0.39 is 0 Å². The minimum absolute atomic E-state index is 0.0589. The van der Waals surface area contributed by atoms with Crippen molar-refractivity contribution in [1.82, 2.24) is 5.32 Å². The summed E-state index contributed by atoms with van der Waals surface area (Å²) in [6.07, 6.45) is 1.28. The Hall–Kier alpha value is -2.27. The molecule has 0 saturated carbocycles. The highest BCUT2D eigenvalue weighted by atomic mass is 32.1. The smallest absolute Gasteiger partial charge is 0.243 e. The fraction of sp³-hybridized carbons (Fsp3) is 0.235. The Kier molecular flexibility index (Phi) is 4.15. The third kappa shape index (κ3) is 2.85. The predicted molar refractivity (Wildman–Crippen MR) is 87.5 cm³/mol. The molecule has 5 heteroatoms. The fourth-order valence-electron chi connectivity index (χ4n) is 2.34. The maximum atomic E-state index is 11.4. The van der Waals surface area contributed by atoms with Crippen LogP contribution in [-0.2, 0) is 4.79 Å². The van der Waals surface area contributed by atoms with E-state index in [0.717, 1.165) is 27.5 Å². The van der Waals surface area contributed by atoms with Crippen LogP contribution in [0, 0.1) is 0 Å². The monoisotopic (exact) mass is 315 g/mol. The number of carbonyl (C=O) groups excluding carboxylic acids is 1. The van der Waals surface area contributed by atoms with Crippen molar-refractivity contribution in [3.8, 4) is 21.9 Å². The minimum atomic E-state index is -0.172. The summed E-state index contributed by atoms with van der Waals surface area (Å²) >= 11 is 1.61. The minimum Gasteiger partial charge on any atom is -0.485 e. The number of carbonyl (C=O) groups is 1. The first-order chi connectivity index (χ1) is 10.7. The Labute approximate surface area is 133 Å². The van der Waals surface area contributed by atoms with Crippen LogP contribution < -0.4 is 14.8 Å². The van der Waals surface area contributed by atoms with E-state index in [1.807, 2.05) is 36.6 Å². The zero-order chi connectivity index (χ0) is 15.5. The summed E-state index contributed by atoms with van der Waals surface area (Å²) in [7, 11) is 0. The number of amides is 1. The number of nitrogens with one attached hydrogen (secondary N) is 1. The van der Waals surface area contributed by atoms with Gasteiger partial charge < -0.3 is 14.8 Å². The summed E-state index contributed by atoms with van der Waals surface area (Å²) in [4.78, 5) is 12.4. The van der Waals surface area contributed by atoms with E-state index in [-0.39, 0.29) is 11.9 Å². The third-order valence-electron chi connectivity index (χ3n) is 3.52. The maximum absolute atomic E-state index is 11.4. The van der Waals surface area contributed by atoms with Gasteiger partial charge in [-0.3, -0.25) is 4.79 Å². The molecule has 0 saturated heterocycles. The zero-order valence-electron chi connectivity index (χ0n) is 12.3. The summed E-state index contributed by atoms with van der Waals surface area (Å²) in [5.41, 5.74) is 2.13. The van der Waals surface area contributed by atoms with Gasteiger partial charge in [0.15, 0.2) is 11.5 Å². The predicted octanol–water partition coefficient (Wildman–Crippen LogP) is 3.55. The van der Waals surface area contributed by atoms with Crippen molar-refractivity contribution in [2.45, 2.75) is 13.0 Å². The zero-order valence-corrected chi connectivity index (χ0v) is 13.1. The van der Waals surface area contributed by atoms with E-state index >= 15 is 0 Å². The van der Waals surface area contributed by atoms with Gasteiger partial charge in [-0.1, -0.05) is 30.8 Å². The molecule has 0 bridgehead atoms. The topological polar surface area (TPSA) is 47.6 Å². The average molecular weight is 315 g/mol. The second-order valence-electron chi connectivity index (χ2n) is 5.01. The van der Waals surface area contributed by atoms with Crippen molar-refractivity contribution in [3.63, 3.8) is 0 Å². The Morgan fingerprint density at radius 2 is 2.05 bits per heavy atom. The van der Waals surface area contributed by atoms with Crippen LogP contribution >= 0.6 is 11.3 Å². The van der Waals surface area contributed by atoms with Crippen LogP contribution in [0.5, 0.6) is 11.5 Å². The molecule has 1 aromatic heterocycles. The Bertz CT molecular complexity index is 690. The molecule has 0 radical (unpaired) electrons. The number of thiophene rings is 1. The third-order valence-corrected chi connectivity index (χ3v) is 4.51. The number of benzene rings is 1. The summed E-state index contributed by atoms with van der Waals surface area (Å²) in [5, 5.41) is 4.83. The van der Waals surface area contributed by atoms with Crippen molar-refractivity contribution in [2.24, 2.45) is 0 Å². The van der Waals surface area contributed by atoms with Gasteiger partial charge in [-0.25, -0.2) is 0 Å². The normalized spacial score (nSPS) is 14.2. The molecule has 1 N–H and O–H groups in total. The summed E-state index contributed by atoms with van der Waals surface area (Å²) in [6.45, 7) is 6.59. The van der Waals surface area contributed by atoms with Crippen LogP contribution in [0.25, 0.3) is 10.4 Å². The molecule has 3 rings (SSSR count). The molecule has 2 aromatic rings. The highest BCUT2D eigenvalue weighted by Crippen LogP contribution is 2.45. The molecule has 0 fully saturated rings. The lowest BCUT2D eigenvalue weighted by Crippen LogP contribution is -2.24. The number of fused-ring (bicyclic) bond motifs is 1. The molecule has 1 atom stereocenters. The van der Waals surface area contributed by atoms with E-state index in [1.54, 1.807) is 11.3 Å². The molecular formula is C17H17NO3S. The summed E-state index contributed by atoms with van der Waals surface area (Å²) < 4.78 is 11.3. The number of hydrogen-bond donors (Lipinski definition) is 1. The van der Waals surface area contributed by atoms with Crippen LogP contribution in [-0.4, -0.2) is 19.1 Å². The second kappa shape index (κ2) is 6.23. The number of ether oxygens (including phenoxy) is 2. The van der Waals surface area contributed by atoms with Gasteiger partial charge in [-0.05, 0) is 24.1 Å². The quantitative estimate of drug-likeness (QED) is 0.878. The van der Waals surface area contributed by atoms with Gasteiger partial charge in [0.1, 0.15) is 13.2 Å². The lowest BCUT2D eigenvalue weighted by atomic mass is 10.0. The Balaban J connectivity index is 1.81. The van der Waals surface area contributed by atoms with Gasteiger partial charge in [-0.15, -0.1) is 11.3 Å². The highest BCUT2D eigenvalue weighted by molar-refractivity contribution is 7.14. The lowest BCUT2D eigenvalue weighted by Gasteiger charge is -2.16. The van der Waals surface area contributed by atoms with Crippen LogP contribution in [0.4, 0.5) is 0 Å². The van der Waals surface area contributed by atoms with E-state index in [4.69, 9.17) is 9.47 Å². The van der Waals surface area contributed by atoms with E-state index in [1.165, 1.54) is 6.08 Å². The van der Waals surface area contributed by atoms with E-state index in [9.17, 15) is 4.79 Å². The summed E-state index contributed by atoms with van der Waals surface area (Å²) in [5.74, 6) is 1.48. The first kappa shape index (κ1) is 14.7. The molecule has 0 unspecified atom stereocenters. The summed E-state index contributed by atoms with van der Waals surface area (Å²) in [6, 6.07) is 8.04. The molecule has 1 aliphatic rings. The average Bonchev–Trinajstić information content (AvgIpc) is 2.99. The molecule has 1 aromatic carbocycles. The molecule has 114 valence electrons. The van der Waals surface area contributed by atoms with Crippen LogP contribution in [0.2, 0.25) is 0 Å². The van der Waals surface area contributed by atoms with Gasteiger partial charge in [0.2, 0.25) is 5.91 Å². The van der Waals surface area contributed by atoms with E-state index in [2.05, 4.69) is 11.9 Å². The van der Waals surface area contributed by atoms with Gasteiger partial charge >= 0.3 is 0 Å².